The highest BCUT2D eigenvalue weighted by Gasteiger charge is 2.29. The molecule has 5 nitrogen and oxygen atoms in total. The van der Waals surface area contributed by atoms with Crippen LogP contribution in [-0.4, -0.2) is 24.7 Å². The largest absolute Gasteiger partial charge is 0.550 e. The number of fused-ring (bicyclic) bond motifs is 3. The van der Waals surface area contributed by atoms with E-state index in [1.165, 1.54) is 0 Å². The first-order chi connectivity index (χ1) is 15.1. The molecule has 0 saturated heterocycles. The van der Waals surface area contributed by atoms with E-state index in [0.29, 0.717) is 12.8 Å². The fourth-order valence-electron chi connectivity index (χ4n) is 4.22. The molecule has 31 heavy (non-hydrogen) atoms. The summed E-state index contributed by atoms with van der Waals surface area (Å²) in [6.07, 6.45) is 0.281. The lowest BCUT2D eigenvalue weighted by Gasteiger charge is -2.20. The summed E-state index contributed by atoms with van der Waals surface area (Å²) < 4.78 is 5.54. The van der Waals surface area contributed by atoms with E-state index in [1.54, 1.807) is 0 Å². The molecule has 0 fully saturated rings. The lowest BCUT2D eigenvalue weighted by atomic mass is 9.98. The average Bonchev–Trinajstić information content (AvgIpc) is 3.10. The number of hydrogen-bond acceptors (Lipinski definition) is 4. The zero-order valence-electron chi connectivity index (χ0n) is 17.1. The third-order valence-corrected chi connectivity index (χ3v) is 5.70. The molecule has 0 spiro atoms. The number of alkyl carbamates (subject to hydrolysis) is 1. The van der Waals surface area contributed by atoms with Crippen LogP contribution in [0.15, 0.2) is 78.9 Å². The van der Waals surface area contributed by atoms with Gasteiger partial charge in [-0.05, 0) is 40.7 Å². The van der Waals surface area contributed by atoms with Crippen LogP contribution < -0.4 is 10.4 Å². The molecule has 0 heterocycles. The fraction of sp³-hybridized carbons (Fsp3) is 0.231. The molecule has 1 amide bonds. The fourth-order valence-corrected chi connectivity index (χ4v) is 4.22. The normalized spacial score (nSPS) is 13.2. The number of nitrogens with one attached hydrogen (secondary N) is 1. The van der Waals surface area contributed by atoms with Crippen LogP contribution in [0.1, 0.15) is 35.4 Å². The summed E-state index contributed by atoms with van der Waals surface area (Å²) in [4.78, 5) is 23.6. The van der Waals surface area contributed by atoms with Gasteiger partial charge in [-0.2, -0.15) is 0 Å². The van der Waals surface area contributed by atoms with Gasteiger partial charge >= 0.3 is 6.09 Å². The number of ether oxygens (including phenoxy) is 1. The lowest BCUT2D eigenvalue weighted by Crippen LogP contribution is -2.40. The summed E-state index contributed by atoms with van der Waals surface area (Å²) in [5, 5.41) is 13.8. The topological polar surface area (TPSA) is 78.5 Å². The monoisotopic (exact) mass is 414 g/mol. The second-order valence-electron chi connectivity index (χ2n) is 7.77. The van der Waals surface area contributed by atoms with Gasteiger partial charge in [-0.15, -0.1) is 0 Å². The maximum absolute atomic E-state index is 12.5. The number of rotatable bonds is 8. The first-order valence-electron chi connectivity index (χ1n) is 10.5. The van der Waals surface area contributed by atoms with Crippen LogP contribution in [0, 0.1) is 0 Å². The van der Waals surface area contributed by atoms with Gasteiger partial charge in [0.15, 0.2) is 0 Å². The minimum atomic E-state index is -1.20. The molecule has 0 aromatic heterocycles. The number of carboxylic acids is 1. The maximum Gasteiger partial charge on any atom is 0.407 e. The minimum Gasteiger partial charge on any atom is -0.550 e. The lowest BCUT2D eigenvalue weighted by molar-refractivity contribution is -0.306. The summed E-state index contributed by atoms with van der Waals surface area (Å²) in [5.41, 5.74) is 5.66. The van der Waals surface area contributed by atoms with Gasteiger partial charge in [0.1, 0.15) is 6.61 Å². The van der Waals surface area contributed by atoms with E-state index >= 15 is 0 Å². The SMILES string of the molecule is O=C([O-])C[C@H](CCc1ccccc1)NC(=O)OCC1c2ccccc2-c2ccccc21. The molecule has 0 unspecified atom stereocenters. The van der Waals surface area contributed by atoms with Gasteiger partial charge in [-0.1, -0.05) is 78.9 Å². The van der Waals surface area contributed by atoms with Crippen LogP contribution in [0.2, 0.25) is 0 Å². The number of carbonyl (C=O) groups excluding carboxylic acids is 2. The van der Waals surface area contributed by atoms with Crippen molar-refractivity contribution in [3.05, 3.63) is 95.6 Å². The van der Waals surface area contributed by atoms with Crippen molar-refractivity contribution in [1.29, 1.82) is 0 Å². The molecule has 1 aliphatic carbocycles. The quantitative estimate of drug-likeness (QED) is 0.610. The molecule has 3 aromatic carbocycles. The molecule has 4 rings (SSSR count). The van der Waals surface area contributed by atoms with Crippen LogP contribution in [0.4, 0.5) is 4.79 Å². The summed E-state index contributed by atoms with van der Waals surface area (Å²) in [6, 6.07) is 25.4. The second-order valence-corrected chi connectivity index (χ2v) is 7.77. The third-order valence-electron chi connectivity index (χ3n) is 5.70. The van der Waals surface area contributed by atoms with Gasteiger partial charge in [-0.25, -0.2) is 4.79 Å². The Bertz CT molecular complexity index is 1020. The number of hydrogen-bond donors (Lipinski definition) is 1. The summed E-state index contributed by atoms with van der Waals surface area (Å²) in [7, 11) is 0. The van der Waals surface area contributed by atoms with Crippen LogP contribution in [-0.2, 0) is 16.0 Å². The van der Waals surface area contributed by atoms with E-state index in [4.69, 9.17) is 4.74 Å². The van der Waals surface area contributed by atoms with Crippen molar-refractivity contribution in [2.24, 2.45) is 0 Å². The molecule has 1 aliphatic rings. The van der Waals surface area contributed by atoms with E-state index in [0.717, 1.165) is 27.8 Å². The van der Waals surface area contributed by atoms with E-state index in [1.807, 2.05) is 54.6 Å². The number of aryl methyl sites for hydroxylation is 1. The zero-order valence-corrected chi connectivity index (χ0v) is 17.1. The highest BCUT2D eigenvalue weighted by Crippen LogP contribution is 2.44. The van der Waals surface area contributed by atoms with E-state index < -0.39 is 18.1 Å². The first-order valence-corrected chi connectivity index (χ1v) is 10.5. The second kappa shape index (κ2) is 9.47. The van der Waals surface area contributed by atoms with Crippen molar-refractivity contribution in [1.82, 2.24) is 5.32 Å². The molecular weight excluding hydrogens is 390 g/mol. The van der Waals surface area contributed by atoms with Crippen molar-refractivity contribution in [2.75, 3.05) is 6.61 Å². The predicted molar refractivity (Wildman–Crippen MR) is 116 cm³/mol. The van der Waals surface area contributed by atoms with Crippen molar-refractivity contribution in [3.63, 3.8) is 0 Å². The Morgan fingerprint density at radius 2 is 1.45 bits per heavy atom. The third kappa shape index (κ3) is 4.94. The highest BCUT2D eigenvalue weighted by molar-refractivity contribution is 5.79. The van der Waals surface area contributed by atoms with Gasteiger partial charge in [-0.3, -0.25) is 0 Å². The van der Waals surface area contributed by atoms with Crippen molar-refractivity contribution in [3.8, 4) is 11.1 Å². The number of carboxylic acid groups (broad SMARTS) is 1. The molecule has 3 aromatic rings. The van der Waals surface area contributed by atoms with E-state index in [-0.39, 0.29) is 18.9 Å². The van der Waals surface area contributed by atoms with E-state index in [9.17, 15) is 14.7 Å². The van der Waals surface area contributed by atoms with Crippen LogP contribution in [0.25, 0.3) is 11.1 Å². The molecule has 0 aliphatic heterocycles. The first kappa shape index (κ1) is 20.7. The molecule has 0 bridgehead atoms. The van der Waals surface area contributed by atoms with Crippen LogP contribution in [0.3, 0.4) is 0 Å². The number of amides is 1. The van der Waals surface area contributed by atoms with Gasteiger partial charge in [0.25, 0.3) is 0 Å². The van der Waals surface area contributed by atoms with E-state index in [2.05, 4.69) is 29.6 Å². The highest BCUT2D eigenvalue weighted by atomic mass is 16.5. The van der Waals surface area contributed by atoms with Gasteiger partial charge in [0, 0.05) is 24.3 Å². The smallest absolute Gasteiger partial charge is 0.407 e. The van der Waals surface area contributed by atoms with Gasteiger partial charge in [0.05, 0.1) is 0 Å². The molecule has 0 saturated carbocycles. The zero-order chi connectivity index (χ0) is 21.6. The van der Waals surface area contributed by atoms with Gasteiger partial charge in [0.2, 0.25) is 0 Å². The molecule has 5 heteroatoms. The average molecular weight is 414 g/mol. The molecule has 1 atom stereocenters. The Morgan fingerprint density at radius 1 is 0.871 bits per heavy atom. The van der Waals surface area contributed by atoms with Crippen LogP contribution in [0.5, 0.6) is 0 Å². The molecule has 0 radical (unpaired) electrons. The van der Waals surface area contributed by atoms with Crippen molar-refractivity contribution in [2.45, 2.75) is 31.2 Å². The Hall–Kier alpha value is -3.60. The number of benzene rings is 3. The molecule has 1 N–H and O–H groups in total. The Balaban J connectivity index is 1.38. The van der Waals surface area contributed by atoms with Gasteiger partial charge < -0.3 is 20.0 Å². The summed E-state index contributed by atoms with van der Waals surface area (Å²) >= 11 is 0. The van der Waals surface area contributed by atoms with Crippen molar-refractivity contribution >= 4 is 12.1 Å². The predicted octanol–water partition coefficient (Wildman–Crippen LogP) is 3.67. The molecule has 158 valence electrons. The van der Waals surface area contributed by atoms with Crippen LogP contribution >= 0.6 is 0 Å². The van der Waals surface area contributed by atoms with Crippen molar-refractivity contribution < 1.29 is 19.4 Å². The maximum atomic E-state index is 12.5. The summed E-state index contributed by atoms with van der Waals surface area (Å²) in [5.74, 6) is -1.24. The Morgan fingerprint density at radius 3 is 2.06 bits per heavy atom. The Kier molecular flexibility index (Phi) is 6.32. The Labute approximate surface area is 181 Å². The molecular formula is C26H24NO4-. The standard InChI is InChI=1S/C26H25NO4/c28-25(29)16-19(15-14-18-8-2-1-3-9-18)27-26(30)31-17-24-22-12-6-4-10-20(22)21-11-5-7-13-23(21)24/h1-13,19,24H,14-17H2,(H,27,30)(H,28,29)/p-1/t19-/m0/s1. The minimum absolute atomic E-state index is 0.0398. The summed E-state index contributed by atoms with van der Waals surface area (Å²) in [6.45, 7) is 0.191. The number of aliphatic carboxylic acids is 1. The number of carbonyl (C=O) groups is 2.